The first-order valence-corrected chi connectivity index (χ1v) is 14.4. The van der Waals surface area contributed by atoms with E-state index in [0.29, 0.717) is 37.8 Å². The fraction of sp³-hybridized carbons (Fsp3) is 0.310. The highest BCUT2D eigenvalue weighted by atomic mass is 32.2. The topological polar surface area (TPSA) is 133 Å². The lowest BCUT2D eigenvalue weighted by Crippen LogP contribution is -2.41. The Kier molecular flexibility index (Phi) is 9.76. The summed E-state index contributed by atoms with van der Waals surface area (Å²) in [4.78, 5) is 28.2. The van der Waals surface area contributed by atoms with Gasteiger partial charge in [-0.1, -0.05) is 12.1 Å². The second-order valence-electron chi connectivity index (χ2n) is 9.06. The molecule has 0 radical (unpaired) electrons. The molecule has 1 aliphatic heterocycles. The van der Waals surface area contributed by atoms with Crippen molar-refractivity contribution < 1.29 is 41.7 Å². The highest BCUT2D eigenvalue weighted by Crippen LogP contribution is 2.37. The summed E-state index contributed by atoms with van der Waals surface area (Å²) in [5, 5.41) is 2.72. The summed E-state index contributed by atoms with van der Waals surface area (Å²) in [6.45, 7) is 1.04. The molecule has 224 valence electrons. The van der Waals surface area contributed by atoms with E-state index in [-0.39, 0.29) is 39.2 Å². The van der Waals surface area contributed by atoms with Crippen LogP contribution >= 0.6 is 0 Å². The number of nitrogens with zero attached hydrogens (tertiary/aromatic N) is 2. The van der Waals surface area contributed by atoms with Crippen LogP contribution in [0.1, 0.15) is 10.4 Å². The fourth-order valence-corrected chi connectivity index (χ4v) is 5.87. The van der Waals surface area contributed by atoms with Crippen molar-refractivity contribution in [1.29, 1.82) is 0 Å². The van der Waals surface area contributed by atoms with Gasteiger partial charge in [-0.2, -0.15) is 0 Å². The second kappa shape index (κ2) is 13.4. The van der Waals surface area contributed by atoms with Crippen LogP contribution in [0.3, 0.4) is 0 Å². The van der Waals surface area contributed by atoms with Crippen LogP contribution in [0, 0.1) is 0 Å². The number of sulfonamides is 1. The van der Waals surface area contributed by atoms with Crippen molar-refractivity contribution in [2.75, 3.05) is 70.9 Å². The number of amides is 2. The summed E-state index contributed by atoms with van der Waals surface area (Å²) >= 11 is 0. The van der Waals surface area contributed by atoms with E-state index in [2.05, 4.69) is 5.32 Å². The van der Waals surface area contributed by atoms with Gasteiger partial charge in [0.2, 0.25) is 5.91 Å². The zero-order valence-corrected chi connectivity index (χ0v) is 24.6. The van der Waals surface area contributed by atoms with Gasteiger partial charge in [-0.15, -0.1) is 0 Å². The lowest BCUT2D eigenvalue weighted by Gasteiger charge is -2.28. The first-order chi connectivity index (χ1) is 20.2. The van der Waals surface area contributed by atoms with Crippen LogP contribution < -0.4 is 28.6 Å². The summed E-state index contributed by atoms with van der Waals surface area (Å²) in [6, 6.07) is 15.3. The van der Waals surface area contributed by atoms with Crippen molar-refractivity contribution in [3.05, 3.63) is 66.2 Å². The number of ether oxygens (including phenoxy) is 5. The van der Waals surface area contributed by atoms with E-state index in [0.717, 1.165) is 4.31 Å². The molecule has 1 fully saturated rings. The molecule has 0 aromatic heterocycles. The molecular weight excluding hydrogens is 566 g/mol. The summed E-state index contributed by atoms with van der Waals surface area (Å²) in [5.41, 5.74) is 0.598. The van der Waals surface area contributed by atoms with Crippen molar-refractivity contribution >= 4 is 33.2 Å². The minimum Gasteiger partial charge on any atom is -0.497 e. The predicted molar refractivity (Wildman–Crippen MR) is 155 cm³/mol. The van der Waals surface area contributed by atoms with E-state index in [1.54, 1.807) is 41.3 Å². The van der Waals surface area contributed by atoms with Crippen molar-refractivity contribution in [1.82, 2.24) is 4.90 Å². The van der Waals surface area contributed by atoms with E-state index in [4.69, 9.17) is 23.7 Å². The number of hydrogen-bond donors (Lipinski definition) is 1. The molecule has 1 aliphatic rings. The number of methoxy groups -OCH3 is 4. The zero-order chi connectivity index (χ0) is 30.3. The van der Waals surface area contributed by atoms with Crippen LogP contribution in [0.25, 0.3) is 0 Å². The summed E-state index contributed by atoms with van der Waals surface area (Å²) < 4.78 is 55.8. The Morgan fingerprint density at radius 2 is 1.52 bits per heavy atom. The molecule has 3 aromatic carbocycles. The average molecular weight is 600 g/mol. The maximum atomic E-state index is 14.1. The number of para-hydroxylation sites is 1. The van der Waals surface area contributed by atoms with Crippen LogP contribution in [0.15, 0.2) is 65.6 Å². The van der Waals surface area contributed by atoms with Gasteiger partial charge in [-0.25, -0.2) is 8.42 Å². The van der Waals surface area contributed by atoms with E-state index in [9.17, 15) is 18.0 Å². The Bertz CT molecular complexity index is 1540. The number of nitrogens with one attached hydrogen (secondary N) is 1. The monoisotopic (exact) mass is 599 g/mol. The van der Waals surface area contributed by atoms with Gasteiger partial charge in [0.25, 0.3) is 15.9 Å². The lowest BCUT2D eigenvalue weighted by molar-refractivity contribution is -0.114. The minimum absolute atomic E-state index is 0.0689. The molecule has 4 rings (SSSR count). The number of carbonyl (C=O) groups is 2. The highest BCUT2D eigenvalue weighted by Gasteiger charge is 2.31. The van der Waals surface area contributed by atoms with E-state index >= 15 is 0 Å². The lowest BCUT2D eigenvalue weighted by atomic mass is 10.1. The predicted octanol–water partition coefficient (Wildman–Crippen LogP) is 3.03. The Morgan fingerprint density at radius 3 is 2.19 bits per heavy atom. The van der Waals surface area contributed by atoms with Gasteiger partial charge in [-0.05, 0) is 36.4 Å². The molecular formula is C29H33N3O9S. The largest absolute Gasteiger partial charge is 0.497 e. The Morgan fingerprint density at radius 1 is 0.857 bits per heavy atom. The number of benzene rings is 3. The molecule has 0 saturated carbocycles. The molecule has 1 saturated heterocycles. The van der Waals surface area contributed by atoms with Gasteiger partial charge < -0.3 is 33.9 Å². The second-order valence-corrected chi connectivity index (χ2v) is 10.9. The number of rotatable bonds is 11. The standard InChI is InChI=1S/C29H33N3O9S/c1-37-20-9-11-25(38-2)24(17-20)32(42(35,36)21-10-12-26(39-3)27(18-21)40-4)19-28(33)30-23-8-6-5-7-22(23)29(34)31-13-15-41-16-14-31/h5-12,17-18H,13-16,19H2,1-4H3,(H,30,33). The summed E-state index contributed by atoms with van der Waals surface area (Å²) in [6.07, 6.45) is 0. The molecule has 42 heavy (non-hydrogen) atoms. The van der Waals surface area contributed by atoms with Crippen molar-refractivity contribution in [2.24, 2.45) is 0 Å². The SMILES string of the molecule is COc1ccc(OC)c(N(CC(=O)Nc2ccccc2C(=O)N2CCOCC2)S(=O)(=O)c2ccc(OC)c(OC)c2)c1. The fourth-order valence-electron chi connectivity index (χ4n) is 4.43. The third-order valence-corrected chi connectivity index (χ3v) is 8.37. The number of hydrogen-bond acceptors (Lipinski definition) is 9. The van der Waals surface area contributed by atoms with Crippen LogP contribution in [0.5, 0.6) is 23.0 Å². The Balaban J connectivity index is 1.72. The van der Waals surface area contributed by atoms with Gasteiger partial charge in [-0.3, -0.25) is 13.9 Å². The molecule has 12 nitrogen and oxygen atoms in total. The van der Waals surface area contributed by atoms with Gasteiger partial charge in [0.1, 0.15) is 18.0 Å². The van der Waals surface area contributed by atoms with Gasteiger partial charge >= 0.3 is 0 Å². The molecule has 0 unspecified atom stereocenters. The van der Waals surface area contributed by atoms with Crippen LogP contribution in [-0.2, 0) is 19.6 Å². The van der Waals surface area contributed by atoms with Gasteiger partial charge in [0.15, 0.2) is 11.5 Å². The first-order valence-electron chi connectivity index (χ1n) is 13.0. The molecule has 0 spiro atoms. The molecule has 3 aromatic rings. The van der Waals surface area contributed by atoms with E-state index < -0.39 is 22.5 Å². The molecule has 0 aliphatic carbocycles. The van der Waals surface area contributed by atoms with Gasteiger partial charge in [0, 0.05) is 25.2 Å². The smallest absolute Gasteiger partial charge is 0.265 e. The summed E-state index contributed by atoms with van der Waals surface area (Å²) in [5.74, 6) is 0.109. The Hall–Kier alpha value is -4.49. The molecule has 0 atom stereocenters. The van der Waals surface area contributed by atoms with Gasteiger partial charge in [0.05, 0.1) is 63.5 Å². The van der Waals surface area contributed by atoms with Crippen molar-refractivity contribution in [2.45, 2.75) is 4.90 Å². The van der Waals surface area contributed by atoms with Crippen molar-refractivity contribution in [3.8, 4) is 23.0 Å². The zero-order valence-electron chi connectivity index (χ0n) is 23.8. The molecule has 0 bridgehead atoms. The number of carbonyl (C=O) groups excluding carboxylic acids is 2. The quantitative estimate of drug-likeness (QED) is 0.353. The third-order valence-electron chi connectivity index (χ3n) is 6.61. The highest BCUT2D eigenvalue weighted by molar-refractivity contribution is 7.92. The molecule has 2 amide bonds. The minimum atomic E-state index is -4.39. The van der Waals surface area contributed by atoms with E-state index in [1.165, 1.54) is 52.7 Å². The van der Waals surface area contributed by atoms with Crippen LogP contribution in [0.4, 0.5) is 11.4 Å². The third kappa shape index (κ3) is 6.52. The maximum absolute atomic E-state index is 14.1. The summed E-state index contributed by atoms with van der Waals surface area (Å²) in [7, 11) is 1.26. The van der Waals surface area contributed by atoms with E-state index in [1.807, 2.05) is 0 Å². The number of anilines is 2. The first kappa shape index (κ1) is 30.5. The molecule has 1 N–H and O–H groups in total. The maximum Gasteiger partial charge on any atom is 0.265 e. The molecule has 1 heterocycles. The Labute approximate surface area is 244 Å². The van der Waals surface area contributed by atoms with Crippen LogP contribution in [0.2, 0.25) is 0 Å². The van der Waals surface area contributed by atoms with Crippen molar-refractivity contribution in [3.63, 3.8) is 0 Å². The molecule has 13 heteroatoms. The average Bonchev–Trinajstić information content (AvgIpc) is 3.03. The number of morpholine rings is 1. The normalized spacial score (nSPS) is 13.2. The van der Waals surface area contributed by atoms with Crippen LogP contribution in [-0.4, -0.2) is 86.4 Å².